The zero-order valence-corrected chi connectivity index (χ0v) is 11.1. The van der Waals surface area contributed by atoms with E-state index in [4.69, 9.17) is 4.74 Å². The van der Waals surface area contributed by atoms with Gasteiger partial charge < -0.3 is 4.74 Å². The van der Waals surface area contributed by atoms with Crippen molar-refractivity contribution in [1.29, 1.82) is 0 Å². The SMILES string of the molecule is COC(=O)[C@@H](NC(C)c1ccnn1C)C(C)C. The zero-order valence-electron chi connectivity index (χ0n) is 11.1. The fourth-order valence-corrected chi connectivity index (χ4v) is 1.82. The van der Waals surface area contributed by atoms with E-state index < -0.39 is 0 Å². The molecule has 1 unspecified atom stereocenters. The predicted molar refractivity (Wildman–Crippen MR) is 65.4 cm³/mol. The first-order valence-electron chi connectivity index (χ1n) is 5.79. The summed E-state index contributed by atoms with van der Waals surface area (Å²) < 4.78 is 6.60. The Morgan fingerprint density at radius 3 is 2.53 bits per heavy atom. The molecule has 0 amide bonds. The van der Waals surface area contributed by atoms with E-state index in [9.17, 15) is 4.79 Å². The third-order valence-corrected chi connectivity index (χ3v) is 2.85. The number of carbonyl (C=O) groups excluding carboxylic acids is 1. The van der Waals surface area contributed by atoms with Gasteiger partial charge in [-0.3, -0.25) is 14.8 Å². The molecule has 0 aliphatic rings. The molecule has 1 heterocycles. The maximum atomic E-state index is 11.6. The van der Waals surface area contributed by atoms with Crippen molar-refractivity contribution in [3.05, 3.63) is 18.0 Å². The molecule has 0 radical (unpaired) electrons. The van der Waals surface area contributed by atoms with Crippen LogP contribution in [0.25, 0.3) is 0 Å². The van der Waals surface area contributed by atoms with Crippen molar-refractivity contribution in [2.45, 2.75) is 32.9 Å². The van der Waals surface area contributed by atoms with Gasteiger partial charge in [0.25, 0.3) is 0 Å². The molecule has 0 spiro atoms. The molecule has 1 aromatic rings. The summed E-state index contributed by atoms with van der Waals surface area (Å²) in [5, 5.41) is 7.39. The van der Waals surface area contributed by atoms with Crippen molar-refractivity contribution < 1.29 is 9.53 Å². The number of rotatable bonds is 5. The molecule has 5 nitrogen and oxygen atoms in total. The fourth-order valence-electron chi connectivity index (χ4n) is 1.82. The number of methoxy groups -OCH3 is 1. The topological polar surface area (TPSA) is 56.1 Å². The lowest BCUT2D eigenvalue weighted by Crippen LogP contribution is -2.43. The first-order valence-corrected chi connectivity index (χ1v) is 5.79. The van der Waals surface area contributed by atoms with E-state index in [1.54, 1.807) is 10.9 Å². The number of nitrogens with zero attached hydrogens (tertiary/aromatic N) is 2. The smallest absolute Gasteiger partial charge is 0.323 e. The van der Waals surface area contributed by atoms with Crippen molar-refractivity contribution >= 4 is 5.97 Å². The van der Waals surface area contributed by atoms with Crippen LogP contribution in [0.15, 0.2) is 12.3 Å². The van der Waals surface area contributed by atoms with E-state index >= 15 is 0 Å². The summed E-state index contributed by atoms with van der Waals surface area (Å²) in [6.07, 6.45) is 1.75. The molecular weight excluding hydrogens is 218 g/mol. The molecule has 0 saturated heterocycles. The van der Waals surface area contributed by atoms with E-state index in [0.29, 0.717) is 0 Å². The van der Waals surface area contributed by atoms with Gasteiger partial charge in [-0.05, 0) is 18.9 Å². The van der Waals surface area contributed by atoms with Crippen LogP contribution in [-0.4, -0.2) is 28.9 Å². The molecule has 96 valence electrons. The molecule has 1 aromatic heterocycles. The standard InChI is InChI=1S/C12H21N3O2/c1-8(2)11(12(16)17-5)14-9(3)10-6-7-13-15(10)4/h6-9,11,14H,1-5H3/t9?,11-/m0/s1. The quantitative estimate of drug-likeness (QED) is 0.786. The maximum Gasteiger partial charge on any atom is 0.323 e. The average molecular weight is 239 g/mol. The number of aryl methyl sites for hydroxylation is 1. The lowest BCUT2D eigenvalue weighted by atomic mass is 10.0. The van der Waals surface area contributed by atoms with Crippen molar-refractivity contribution in [3.63, 3.8) is 0 Å². The maximum absolute atomic E-state index is 11.6. The third kappa shape index (κ3) is 3.30. The lowest BCUT2D eigenvalue weighted by molar-refractivity contribution is -0.144. The number of aromatic nitrogens is 2. The second kappa shape index (κ2) is 5.82. The number of hydrogen-bond acceptors (Lipinski definition) is 4. The van der Waals surface area contributed by atoms with E-state index in [-0.39, 0.29) is 24.0 Å². The monoisotopic (exact) mass is 239 g/mol. The summed E-state index contributed by atoms with van der Waals surface area (Å²) >= 11 is 0. The number of ether oxygens (including phenoxy) is 1. The summed E-state index contributed by atoms with van der Waals surface area (Å²) in [4.78, 5) is 11.6. The Bertz CT molecular complexity index is 374. The highest BCUT2D eigenvalue weighted by atomic mass is 16.5. The van der Waals surface area contributed by atoms with Gasteiger partial charge in [0.2, 0.25) is 0 Å². The van der Waals surface area contributed by atoms with Crippen molar-refractivity contribution in [3.8, 4) is 0 Å². The molecule has 2 atom stereocenters. The fraction of sp³-hybridized carbons (Fsp3) is 0.667. The van der Waals surface area contributed by atoms with Gasteiger partial charge in [0.15, 0.2) is 0 Å². The van der Waals surface area contributed by atoms with Crippen molar-refractivity contribution in [2.24, 2.45) is 13.0 Å². The highest BCUT2D eigenvalue weighted by Crippen LogP contribution is 2.14. The first-order chi connectivity index (χ1) is 7.97. The molecule has 0 aromatic carbocycles. The first kappa shape index (κ1) is 13.7. The second-order valence-electron chi connectivity index (χ2n) is 4.51. The number of esters is 1. The molecule has 0 bridgehead atoms. The van der Waals surface area contributed by atoms with E-state index in [1.165, 1.54) is 7.11 Å². The predicted octanol–water partition coefficient (Wildman–Crippen LogP) is 1.27. The number of nitrogens with one attached hydrogen (secondary N) is 1. The van der Waals surface area contributed by atoms with Gasteiger partial charge in [-0.1, -0.05) is 13.8 Å². The van der Waals surface area contributed by atoms with Gasteiger partial charge in [0.05, 0.1) is 12.8 Å². The Hall–Kier alpha value is -1.36. The number of carbonyl (C=O) groups is 1. The molecule has 1 rings (SSSR count). The zero-order chi connectivity index (χ0) is 13.0. The Balaban J connectivity index is 2.74. The van der Waals surface area contributed by atoms with Crippen LogP contribution >= 0.6 is 0 Å². The summed E-state index contributed by atoms with van der Waals surface area (Å²) in [6, 6.07) is 1.69. The van der Waals surface area contributed by atoms with E-state index in [1.807, 2.05) is 33.9 Å². The number of hydrogen-bond donors (Lipinski definition) is 1. The normalized spacial score (nSPS) is 14.7. The van der Waals surface area contributed by atoms with Crippen LogP contribution in [-0.2, 0) is 16.6 Å². The van der Waals surface area contributed by atoms with Gasteiger partial charge in [-0.25, -0.2) is 0 Å². The summed E-state index contributed by atoms with van der Waals surface area (Å²) in [5.41, 5.74) is 1.04. The second-order valence-corrected chi connectivity index (χ2v) is 4.51. The van der Waals surface area contributed by atoms with E-state index in [2.05, 4.69) is 10.4 Å². The summed E-state index contributed by atoms with van der Waals surface area (Å²) in [5.74, 6) is -0.0489. The van der Waals surface area contributed by atoms with E-state index in [0.717, 1.165) is 5.69 Å². The molecule has 0 saturated carbocycles. The highest BCUT2D eigenvalue weighted by molar-refractivity contribution is 5.76. The van der Waals surface area contributed by atoms with Gasteiger partial charge in [0, 0.05) is 19.3 Å². The van der Waals surface area contributed by atoms with Crippen LogP contribution < -0.4 is 5.32 Å². The van der Waals surface area contributed by atoms with Crippen LogP contribution in [0.3, 0.4) is 0 Å². The molecule has 0 fully saturated rings. The minimum Gasteiger partial charge on any atom is -0.468 e. The Kier molecular flexibility index (Phi) is 4.69. The summed E-state index contributed by atoms with van der Waals surface area (Å²) in [6.45, 7) is 5.99. The Morgan fingerprint density at radius 1 is 1.47 bits per heavy atom. The molecule has 0 aliphatic carbocycles. The Morgan fingerprint density at radius 2 is 2.12 bits per heavy atom. The minimum atomic E-state index is -0.301. The highest BCUT2D eigenvalue weighted by Gasteiger charge is 2.25. The van der Waals surface area contributed by atoms with Crippen molar-refractivity contribution in [1.82, 2.24) is 15.1 Å². The minimum absolute atomic E-state index is 0.0500. The Labute approximate surface area is 102 Å². The average Bonchev–Trinajstić information content (AvgIpc) is 2.70. The molecule has 1 N–H and O–H groups in total. The van der Waals surface area contributed by atoms with Crippen LogP contribution in [0.5, 0.6) is 0 Å². The van der Waals surface area contributed by atoms with Crippen LogP contribution in [0.1, 0.15) is 32.5 Å². The molecular formula is C12H21N3O2. The van der Waals surface area contributed by atoms with Gasteiger partial charge in [-0.15, -0.1) is 0 Å². The van der Waals surface area contributed by atoms with Gasteiger partial charge in [-0.2, -0.15) is 5.10 Å². The van der Waals surface area contributed by atoms with Crippen molar-refractivity contribution in [2.75, 3.05) is 7.11 Å². The van der Waals surface area contributed by atoms with Gasteiger partial charge in [0.1, 0.15) is 6.04 Å². The lowest BCUT2D eigenvalue weighted by Gasteiger charge is -2.24. The molecule has 17 heavy (non-hydrogen) atoms. The summed E-state index contributed by atoms with van der Waals surface area (Å²) in [7, 11) is 3.30. The third-order valence-electron chi connectivity index (χ3n) is 2.85. The van der Waals surface area contributed by atoms with Gasteiger partial charge >= 0.3 is 5.97 Å². The largest absolute Gasteiger partial charge is 0.468 e. The molecule has 0 aliphatic heterocycles. The van der Waals surface area contributed by atoms with Crippen LogP contribution in [0.4, 0.5) is 0 Å². The van der Waals surface area contributed by atoms with Crippen LogP contribution in [0.2, 0.25) is 0 Å². The van der Waals surface area contributed by atoms with Crippen LogP contribution in [0, 0.1) is 5.92 Å². The molecule has 5 heteroatoms.